The number of pyridine rings is 1. The molecule has 1 rings (SSSR count). The van der Waals surface area contributed by atoms with Crippen molar-refractivity contribution < 1.29 is 0 Å². The highest BCUT2D eigenvalue weighted by atomic mass is 14.6. The topological polar surface area (TPSA) is 38.9 Å². The van der Waals surface area contributed by atoms with E-state index in [0.717, 1.165) is 6.42 Å². The van der Waals surface area contributed by atoms with E-state index in [4.69, 9.17) is 5.73 Å². The van der Waals surface area contributed by atoms with E-state index in [0.29, 0.717) is 0 Å². The average molecular weight is 162 g/mol. The van der Waals surface area contributed by atoms with Crippen LogP contribution in [0.2, 0.25) is 0 Å². The van der Waals surface area contributed by atoms with Gasteiger partial charge in [-0.15, -0.1) is 0 Å². The Morgan fingerprint density at radius 1 is 1.50 bits per heavy atom. The van der Waals surface area contributed by atoms with Crippen molar-refractivity contribution in [2.75, 3.05) is 0 Å². The molecule has 2 nitrogen and oxygen atoms in total. The van der Waals surface area contributed by atoms with Crippen LogP contribution in [-0.2, 0) is 0 Å². The zero-order chi connectivity index (χ0) is 8.81. The summed E-state index contributed by atoms with van der Waals surface area (Å²) in [6.45, 7) is 2.00. The molecule has 0 aliphatic heterocycles. The second-order valence-electron chi connectivity index (χ2n) is 2.90. The zero-order valence-electron chi connectivity index (χ0n) is 7.27. The summed E-state index contributed by atoms with van der Waals surface area (Å²) in [6, 6.07) is 4.18. The van der Waals surface area contributed by atoms with Crippen molar-refractivity contribution in [1.29, 1.82) is 0 Å². The van der Waals surface area contributed by atoms with E-state index >= 15 is 0 Å². The predicted octanol–water partition coefficient (Wildman–Crippen LogP) is 1.83. The van der Waals surface area contributed by atoms with Crippen LogP contribution < -0.4 is 5.73 Å². The van der Waals surface area contributed by atoms with Crippen molar-refractivity contribution in [2.24, 2.45) is 5.73 Å². The average Bonchev–Trinajstić information content (AvgIpc) is 2.05. The smallest absolute Gasteiger partial charge is 0.0273 e. The molecule has 1 atom stereocenters. The summed E-state index contributed by atoms with van der Waals surface area (Å²) in [5.41, 5.74) is 6.76. The van der Waals surface area contributed by atoms with Crippen molar-refractivity contribution in [3.05, 3.63) is 36.2 Å². The summed E-state index contributed by atoms with van der Waals surface area (Å²) >= 11 is 0. The minimum absolute atomic E-state index is 0.239. The Morgan fingerprint density at radius 3 is 2.75 bits per heavy atom. The van der Waals surface area contributed by atoms with Crippen LogP contribution in [0.4, 0.5) is 0 Å². The van der Waals surface area contributed by atoms with E-state index in [1.807, 2.05) is 19.1 Å². The number of rotatable bonds is 3. The van der Waals surface area contributed by atoms with Gasteiger partial charge >= 0.3 is 0 Å². The molecule has 0 aromatic carbocycles. The van der Waals surface area contributed by atoms with Gasteiger partial charge in [-0.2, -0.15) is 0 Å². The fraction of sp³-hybridized carbons (Fsp3) is 0.300. The van der Waals surface area contributed by atoms with Crippen molar-refractivity contribution in [2.45, 2.75) is 19.4 Å². The minimum Gasteiger partial charge on any atom is -0.328 e. The highest BCUT2D eigenvalue weighted by Gasteiger charge is 1.87. The highest BCUT2D eigenvalue weighted by Crippen LogP contribution is 2.00. The van der Waals surface area contributed by atoms with Crippen LogP contribution in [-0.4, -0.2) is 11.0 Å². The van der Waals surface area contributed by atoms with Crippen LogP contribution in [0.15, 0.2) is 30.6 Å². The monoisotopic (exact) mass is 162 g/mol. The van der Waals surface area contributed by atoms with E-state index in [2.05, 4.69) is 17.1 Å². The third-order valence-electron chi connectivity index (χ3n) is 1.52. The lowest BCUT2D eigenvalue weighted by molar-refractivity contribution is 0.759. The molecule has 1 aromatic heterocycles. The molecule has 0 radical (unpaired) electrons. The zero-order valence-corrected chi connectivity index (χ0v) is 7.27. The largest absolute Gasteiger partial charge is 0.328 e. The summed E-state index contributed by atoms with van der Waals surface area (Å²) in [5.74, 6) is 0. The lowest BCUT2D eigenvalue weighted by atomic mass is 10.2. The first-order valence-electron chi connectivity index (χ1n) is 4.11. The number of aromatic nitrogens is 1. The van der Waals surface area contributed by atoms with E-state index in [1.165, 1.54) is 5.56 Å². The van der Waals surface area contributed by atoms with Gasteiger partial charge in [0.15, 0.2) is 0 Å². The second kappa shape index (κ2) is 4.67. The lowest BCUT2D eigenvalue weighted by Crippen LogP contribution is -2.12. The van der Waals surface area contributed by atoms with Crippen LogP contribution in [0, 0.1) is 0 Å². The molecule has 0 spiro atoms. The maximum absolute atomic E-state index is 5.59. The molecule has 12 heavy (non-hydrogen) atoms. The van der Waals surface area contributed by atoms with Gasteiger partial charge in [-0.1, -0.05) is 12.2 Å². The first kappa shape index (κ1) is 8.94. The van der Waals surface area contributed by atoms with Gasteiger partial charge < -0.3 is 5.73 Å². The molecule has 0 unspecified atom stereocenters. The molecular weight excluding hydrogens is 148 g/mol. The van der Waals surface area contributed by atoms with Gasteiger partial charge in [0.25, 0.3) is 0 Å². The fourth-order valence-electron chi connectivity index (χ4n) is 0.893. The van der Waals surface area contributed by atoms with Gasteiger partial charge in [0.05, 0.1) is 0 Å². The molecule has 0 aliphatic rings. The molecule has 0 saturated carbocycles. The van der Waals surface area contributed by atoms with Crippen LogP contribution >= 0.6 is 0 Å². The van der Waals surface area contributed by atoms with Crippen LogP contribution in [0.25, 0.3) is 6.08 Å². The van der Waals surface area contributed by atoms with Crippen molar-refractivity contribution in [1.82, 2.24) is 4.98 Å². The molecule has 2 N–H and O–H groups in total. The summed E-state index contributed by atoms with van der Waals surface area (Å²) in [6.07, 6.45) is 8.63. The molecule has 0 bridgehead atoms. The standard InChI is InChI=1S/C10H14N2/c1-9(11)3-2-4-10-5-7-12-8-6-10/h2,4-9H,3,11H2,1H3/b4-2+/t9-/m1/s1. The van der Waals surface area contributed by atoms with Crippen LogP contribution in [0.3, 0.4) is 0 Å². The molecule has 64 valence electrons. The van der Waals surface area contributed by atoms with Gasteiger partial charge in [-0.25, -0.2) is 0 Å². The van der Waals surface area contributed by atoms with Gasteiger partial charge in [0, 0.05) is 18.4 Å². The van der Waals surface area contributed by atoms with E-state index in [1.54, 1.807) is 12.4 Å². The van der Waals surface area contributed by atoms with Crippen LogP contribution in [0.1, 0.15) is 18.9 Å². The third kappa shape index (κ3) is 3.30. The summed E-state index contributed by atoms with van der Waals surface area (Å²) in [4.78, 5) is 3.93. The maximum Gasteiger partial charge on any atom is 0.0273 e. The number of hydrogen-bond donors (Lipinski definition) is 1. The predicted molar refractivity (Wildman–Crippen MR) is 51.5 cm³/mol. The van der Waals surface area contributed by atoms with E-state index in [9.17, 15) is 0 Å². The first-order chi connectivity index (χ1) is 5.79. The van der Waals surface area contributed by atoms with Crippen molar-refractivity contribution in [3.8, 4) is 0 Å². The van der Waals surface area contributed by atoms with E-state index < -0.39 is 0 Å². The SMILES string of the molecule is C[C@@H](N)C/C=C/c1ccncc1. The molecular formula is C10H14N2. The summed E-state index contributed by atoms with van der Waals surface area (Å²) in [5, 5.41) is 0. The minimum atomic E-state index is 0.239. The molecule has 0 amide bonds. The number of hydrogen-bond acceptors (Lipinski definition) is 2. The Bertz CT molecular complexity index is 239. The fourth-order valence-corrected chi connectivity index (χ4v) is 0.893. The van der Waals surface area contributed by atoms with Gasteiger partial charge in [0.1, 0.15) is 0 Å². The highest BCUT2D eigenvalue weighted by molar-refractivity contribution is 5.47. The van der Waals surface area contributed by atoms with Crippen LogP contribution in [0.5, 0.6) is 0 Å². The van der Waals surface area contributed by atoms with Gasteiger partial charge in [0.2, 0.25) is 0 Å². The normalized spacial score (nSPS) is 13.5. The Balaban J connectivity index is 2.47. The Hall–Kier alpha value is -1.15. The van der Waals surface area contributed by atoms with E-state index in [-0.39, 0.29) is 6.04 Å². The lowest BCUT2D eigenvalue weighted by Gasteiger charge is -1.97. The maximum atomic E-state index is 5.59. The summed E-state index contributed by atoms with van der Waals surface area (Å²) < 4.78 is 0. The molecule has 0 aliphatic carbocycles. The Kier molecular flexibility index (Phi) is 3.48. The van der Waals surface area contributed by atoms with Gasteiger partial charge in [-0.05, 0) is 31.0 Å². The molecule has 1 heterocycles. The molecule has 0 fully saturated rings. The second-order valence-corrected chi connectivity index (χ2v) is 2.90. The Morgan fingerprint density at radius 2 is 2.17 bits per heavy atom. The summed E-state index contributed by atoms with van der Waals surface area (Å²) in [7, 11) is 0. The number of nitrogens with zero attached hydrogens (tertiary/aromatic N) is 1. The van der Waals surface area contributed by atoms with Gasteiger partial charge in [-0.3, -0.25) is 4.98 Å². The molecule has 2 heteroatoms. The van der Waals surface area contributed by atoms with Crippen molar-refractivity contribution >= 4 is 6.08 Å². The first-order valence-corrected chi connectivity index (χ1v) is 4.11. The number of nitrogens with two attached hydrogens (primary N) is 1. The quantitative estimate of drug-likeness (QED) is 0.736. The molecule has 1 aromatic rings. The molecule has 0 saturated heterocycles. The van der Waals surface area contributed by atoms with Crippen molar-refractivity contribution in [3.63, 3.8) is 0 Å². The third-order valence-corrected chi connectivity index (χ3v) is 1.52. The Labute approximate surface area is 73.1 Å².